The highest BCUT2D eigenvalue weighted by Gasteiger charge is 2.51. The fourth-order valence-electron chi connectivity index (χ4n) is 6.20. The molecule has 0 amide bonds. The molecule has 5 aliphatic rings. The van der Waals surface area contributed by atoms with Gasteiger partial charge in [-0.3, -0.25) is 9.69 Å². The second kappa shape index (κ2) is 4.97. The Labute approximate surface area is 128 Å². The van der Waals surface area contributed by atoms with E-state index in [-0.39, 0.29) is 6.04 Å². The molecule has 21 heavy (non-hydrogen) atoms. The lowest BCUT2D eigenvalue weighted by atomic mass is 9.49. The fraction of sp³-hybridized carbons (Fsp3) is 0.944. The van der Waals surface area contributed by atoms with Gasteiger partial charge in [0.15, 0.2) is 0 Å². The van der Waals surface area contributed by atoms with Crippen LogP contribution in [0.1, 0.15) is 64.7 Å². The van der Waals surface area contributed by atoms with Crippen molar-refractivity contribution in [3.63, 3.8) is 0 Å². The fourth-order valence-corrected chi connectivity index (χ4v) is 6.20. The minimum absolute atomic E-state index is 0.300. The van der Waals surface area contributed by atoms with Gasteiger partial charge in [0.25, 0.3) is 0 Å². The largest absolute Gasteiger partial charge is 0.480 e. The molecule has 5 saturated carbocycles. The number of nitrogens with zero attached hydrogens (tertiary/aromatic N) is 1. The molecule has 0 saturated heterocycles. The summed E-state index contributed by atoms with van der Waals surface area (Å²) < 4.78 is 0. The van der Waals surface area contributed by atoms with Crippen LogP contribution in [-0.2, 0) is 4.79 Å². The molecule has 1 unspecified atom stereocenters. The third kappa shape index (κ3) is 2.62. The number of hydrogen-bond donors (Lipinski definition) is 1. The predicted octanol–water partition coefficient (Wildman–Crippen LogP) is 3.53. The zero-order chi connectivity index (χ0) is 14.6. The molecule has 118 valence electrons. The summed E-state index contributed by atoms with van der Waals surface area (Å²) >= 11 is 0. The lowest BCUT2D eigenvalue weighted by Gasteiger charge is -2.57. The van der Waals surface area contributed by atoms with Gasteiger partial charge in [-0.1, -0.05) is 0 Å². The molecule has 0 aromatic carbocycles. The van der Waals surface area contributed by atoms with Gasteiger partial charge in [0.05, 0.1) is 0 Å². The van der Waals surface area contributed by atoms with E-state index in [2.05, 4.69) is 4.90 Å². The van der Waals surface area contributed by atoms with Crippen molar-refractivity contribution in [2.24, 2.45) is 23.2 Å². The number of rotatable bonds is 6. The second-order valence-corrected chi connectivity index (χ2v) is 8.65. The first kappa shape index (κ1) is 14.0. The van der Waals surface area contributed by atoms with Gasteiger partial charge in [-0.25, -0.2) is 0 Å². The number of carbonyl (C=O) groups is 1. The van der Waals surface area contributed by atoms with Crippen LogP contribution in [0.5, 0.6) is 0 Å². The lowest BCUT2D eigenvalue weighted by molar-refractivity contribution is -0.143. The molecule has 3 heteroatoms. The summed E-state index contributed by atoms with van der Waals surface area (Å²) in [6.07, 6.45) is 12.5. The summed E-state index contributed by atoms with van der Waals surface area (Å²) in [7, 11) is 0. The highest BCUT2D eigenvalue weighted by atomic mass is 16.4. The molecule has 4 bridgehead atoms. The smallest absolute Gasteiger partial charge is 0.320 e. The Morgan fingerprint density at radius 1 is 1.14 bits per heavy atom. The van der Waals surface area contributed by atoms with Gasteiger partial charge in [-0.2, -0.15) is 0 Å². The summed E-state index contributed by atoms with van der Waals surface area (Å²) in [6.45, 7) is 2.89. The van der Waals surface area contributed by atoms with Crippen LogP contribution in [0.25, 0.3) is 0 Å². The average Bonchev–Trinajstić information content (AvgIpc) is 3.21. The Kier molecular flexibility index (Phi) is 3.33. The average molecular weight is 291 g/mol. The van der Waals surface area contributed by atoms with E-state index in [0.717, 1.165) is 24.3 Å². The van der Waals surface area contributed by atoms with E-state index >= 15 is 0 Å². The summed E-state index contributed by atoms with van der Waals surface area (Å²) in [6, 6.07) is 0.261. The van der Waals surface area contributed by atoms with Crippen LogP contribution in [0.3, 0.4) is 0 Å². The summed E-state index contributed by atoms with van der Waals surface area (Å²) in [5.74, 6) is 2.36. The topological polar surface area (TPSA) is 40.5 Å². The molecule has 1 N–H and O–H groups in total. The van der Waals surface area contributed by atoms with E-state index in [9.17, 15) is 9.90 Å². The van der Waals surface area contributed by atoms with Crippen molar-refractivity contribution in [1.29, 1.82) is 0 Å². The molecule has 5 rings (SSSR count). The molecule has 5 fully saturated rings. The second-order valence-electron chi connectivity index (χ2n) is 8.65. The monoisotopic (exact) mass is 291 g/mol. The lowest BCUT2D eigenvalue weighted by Crippen LogP contribution is -2.49. The minimum Gasteiger partial charge on any atom is -0.480 e. The van der Waals surface area contributed by atoms with Crippen molar-refractivity contribution >= 4 is 5.97 Å². The summed E-state index contributed by atoms with van der Waals surface area (Å²) in [4.78, 5) is 13.6. The highest BCUT2D eigenvalue weighted by Crippen LogP contribution is 2.61. The van der Waals surface area contributed by atoms with Crippen LogP contribution < -0.4 is 0 Å². The molecule has 0 spiro atoms. The molecule has 0 aliphatic heterocycles. The quantitative estimate of drug-likeness (QED) is 0.814. The number of aliphatic carboxylic acids is 1. The van der Waals surface area contributed by atoms with Crippen LogP contribution in [0.15, 0.2) is 0 Å². The normalized spacial score (nSPS) is 42.5. The standard InChI is InChI=1S/C18H29NO2/c1-12(17(20)21)19(16-2-3-16)5-4-18-9-13-6-14(10-18)8-15(7-13)11-18/h12-16H,2-11H2,1H3,(H,20,21). The first-order chi connectivity index (χ1) is 10.0. The Balaban J connectivity index is 1.42. The van der Waals surface area contributed by atoms with Crippen LogP contribution >= 0.6 is 0 Å². The Morgan fingerprint density at radius 3 is 2.10 bits per heavy atom. The van der Waals surface area contributed by atoms with Crippen LogP contribution in [0.4, 0.5) is 0 Å². The molecule has 0 aromatic rings. The van der Waals surface area contributed by atoms with Gasteiger partial charge in [-0.15, -0.1) is 0 Å². The molecular weight excluding hydrogens is 262 g/mol. The minimum atomic E-state index is -0.646. The van der Waals surface area contributed by atoms with E-state index in [1.807, 2.05) is 6.92 Å². The third-order valence-electron chi connectivity index (χ3n) is 6.94. The molecule has 1 atom stereocenters. The van der Waals surface area contributed by atoms with E-state index in [1.54, 1.807) is 0 Å². The SMILES string of the molecule is CC(C(=O)O)N(CCC12CC3CC(CC(C3)C1)C2)C1CC1. The van der Waals surface area contributed by atoms with E-state index in [4.69, 9.17) is 0 Å². The Morgan fingerprint density at radius 2 is 1.67 bits per heavy atom. The number of carboxylic acid groups (broad SMARTS) is 1. The van der Waals surface area contributed by atoms with Crippen molar-refractivity contribution in [2.45, 2.75) is 76.8 Å². The zero-order valence-electron chi connectivity index (χ0n) is 13.3. The third-order valence-corrected chi connectivity index (χ3v) is 6.94. The Bertz CT molecular complexity index is 394. The molecule has 3 nitrogen and oxygen atoms in total. The van der Waals surface area contributed by atoms with Crippen molar-refractivity contribution in [3.8, 4) is 0 Å². The van der Waals surface area contributed by atoms with E-state index in [1.165, 1.54) is 57.8 Å². The molecule has 5 aliphatic carbocycles. The Hall–Kier alpha value is -0.570. The van der Waals surface area contributed by atoms with Gasteiger partial charge in [0.2, 0.25) is 0 Å². The van der Waals surface area contributed by atoms with Gasteiger partial charge >= 0.3 is 5.97 Å². The van der Waals surface area contributed by atoms with Crippen molar-refractivity contribution in [2.75, 3.05) is 6.54 Å². The number of hydrogen-bond acceptors (Lipinski definition) is 2. The van der Waals surface area contributed by atoms with Gasteiger partial charge in [-0.05, 0) is 94.4 Å². The van der Waals surface area contributed by atoms with Crippen molar-refractivity contribution < 1.29 is 9.90 Å². The molecular formula is C18H29NO2. The van der Waals surface area contributed by atoms with Crippen LogP contribution in [0.2, 0.25) is 0 Å². The highest BCUT2D eigenvalue weighted by molar-refractivity contribution is 5.73. The van der Waals surface area contributed by atoms with Gasteiger partial charge in [0, 0.05) is 6.04 Å². The van der Waals surface area contributed by atoms with E-state index < -0.39 is 5.97 Å². The number of carboxylic acids is 1. The summed E-state index contributed by atoms with van der Waals surface area (Å²) in [5.41, 5.74) is 0.583. The van der Waals surface area contributed by atoms with Crippen LogP contribution in [-0.4, -0.2) is 34.6 Å². The van der Waals surface area contributed by atoms with Gasteiger partial charge in [0.1, 0.15) is 6.04 Å². The zero-order valence-corrected chi connectivity index (χ0v) is 13.3. The molecule has 0 heterocycles. The maximum atomic E-state index is 11.4. The van der Waals surface area contributed by atoms with Crippen molar-refractivity contribution in [1.82, 2.24) is 4.90 Å². The maximum Gasteiger partial charge on any atom is 0.320 e. The van der Waals surface area contributed by atoms with E-state index in [0.29, 0.717) is 11.5 Å². The van der Waals surface area contributed by atoms with Crippen molar-refractivity contribution in [3.05, 3.63) is 0 Å². The molecule has 0 radical (unpaired) electrons. The summed E-state index contributed by atoms with van der Waals surface area (Å²) in [5, 5.41) is 9.35. The first-order valence-corrected chi connectivity index (χ1v) is 9.03. The first-order valence-electron chi connectivity index (χ1n) is 9.03. The predicted molar refractivity (Wildman–Crippen MR) is 82.0 cm³/mol. The maximum absolute atomic E-state index is 11.4. The van der Waals surface area contributed by atoms with Crippen LogP contribution in [0, 0.1) is 23.2 Å². The van der Waals surface area contributed by atoms with Gasteiger partial charge < -0.3 is 5.11 Å². The molecule has 0 aromatic heterocycles.